The number of carbonyl (C=O) groups excluding carboxylic acids is 1. The highest BCUT2D eigenvalue weighted by Crippen LogP contribution is 2.42. The Morgan fingerprint density at radius 3 is 2.43 bits per heavy atom. The second-order valence-electron chi connectivity index (χ2n) is 7.07. The van der Waals surface area contributed by atoms with Gasteiger partial charge in [0.1, 0.15) is 5.75 Å². The monoisotopic (exact) mass is 382 g/mol. The molecule has 0 saturated heterocycles. The Morgan fingerprint density at radius 2 is 1.75 bits per heavy atom. The maximum atomic E-state index is 13.1. The second kappa shape index (κ2) is 6.63. The highest BCUT2D eigenvalue weighted by atomic mass is 16.6. The fourth-order valence-corrected chi connectivity index (χ4v) is 4.18. The van der Waals surface area contributed by atoms with Crippen LogP contribution in [0.25, 0.3) is 0 Å². The molecule has 2 aromatic carbocycles. The Kier molecular flexibility index (Phi) is 4.26. The highest BCUT2D eigenvalue weighted by Gasteiger charge is 2.31. The van der Waals surface area contributed by atoms with Gasteiger partial charge in [-0.05, 0) is 43.4 Å². The molecule has 0 spiro atoms. The molecule has 2 N–H and O–H groups in total. The fraction of sp³-hybridized carbons (Fsp3) is 0.300. The second-order valence-corrected chi connectivity index (χ2v) is 7.07. The standard InChI is InChI=1S/C20H18N2O6/c23-18(13-6-5-12(22(27)28)10-15(13)20(25)26)16-9-11-3-1-7-21-8-2-4-14(17(11)21)19(16)24/h5-6,9-10,24H,1-4,7-8H2,(H,25,26). The van der Waals surface area contributed by atoms with Crippen LogP contribution in [0.4, 0.5) is 11.4 Å². The van der Waals surface area contributed by atoms with E-state index in [-0.39, 0.29) is 16.9 Å². The van der Waals surface area contributed by atoms with Crippen molar-refractivity contribution >= 4 is 23.1 Å². The molecule has 4 rings (SSSR count). The maximum Gasteiger partial charge on any atom is 0.336 e. The summed E-state index contributed by atoms with van der Waals surface area (Å²) in [5.74, 6) is -2.20. The fourth-order valence-electron chi connectivity index (χ4n) is 4.18. The first-order chi connectivity index (χ1) is 13.4. The molecule has 28 heavy (non-hydrogen) atoms. The molecule has 2 aliphatic heterocycles. The molecule has 0 bridgehead atoms. The summed E-state index contributed by atoms with van der Waals surface area (Å²) in [5.41, 5.74) is 1.71. The SMILES string of the molecule is O=C(O)c1cc([N+](=O)[O-])ccc1C(=O)c1cc2c3c(c1O)CCCN3CCC2. The van der Waals surface area contributed by atoms with Crippen LogP contribution in [-0.4, -0.2) is 40.0 Å². The maximum absolute atomic E-state index is 13.1. The largest absolute Gasteiger partial charge is 0.507 e. The summed E-state index contributed by atoms with van der Waals surface area (Å²) in [6.45, 7) is 1.83. The van der Waals surface area contributed by atoms with Gasteiger partial charge in [0.25, 0.3) is 5.69 Å². The van der Waals surface area contributed by atoms with Crippen LogP contribution in [0.1, 0.15) is 50.2 Å². The lowest BCUT2D eigenvalue weighted by atomic mass is 9.86. The van der Waals surface area contributed by atoms with Gasteiger partial charge < -0.3 is 15.1 Å². The van der Waals surface area contributed by atoms with Crippen molar-refractivity contribution in [3.05, 3.63) is 62.2 Å². The van der Waals surface area contributed by atoms with Crippen molar-refractivity contribution in [1.29, 1.82) is 0 Å². The third-order valence-corrected chi connectivity index (χ3v) is 5.43. The van der Waals surface area contributed by atoms with Gasteiger partial charge in [-0.2, -0.15) is 0 Å². The molecule has 0 aliphatic carbocycles. The van der Waals surface area contributed by atoms with Gasteiger partial charge >= 0.3 is 5.97 Å². The van der Waals surface area contributed by atoms with E-state index in [1.807, 2.05) is 0 Å². The van der Waals surface area contributed by atoms with Crippen LogP contribution >= 0.6 is 0 Å². The zero-order valence-corrected chi connectivity index (χ0v) is 15.0. The van der Waals surface area contributed by atoms with E-state index in [2.05, 4.69) is 4.90 Å². The van der Waals surface area contributed by atoms with Gasteiger partial charge in [0.15, 0.2) is 5.78 Å². The van der Waals surface area contributed by atoms with Gasteiger partial charge in [-0.15, -0.1) is 0 Å². The van der Waals surface area contributed by atoms with Crippen molar-refractivity contribution in [2.75, 3.05) is 18.0 Å². The third-order valence-electron chi connectivity index (χ3n) is 5.43. The van der Waals surface area contributed by atoms with Gasteiger partial charge in [0, 0.05) is 42.0 Å². The lowest BCUT2D eigenvalue weighted by Crippen LogP contribution is -2.34. The molecule has 2 aromatic rings. The van der Waals surface area contributed by atoms with Crippen molar-refractivity contribution in [1.82, 2.24) is 0 Å². The number of anilines is 1. The van der Waals surface area contributed by atoms with E-state index in [4.69, 9.17) is 0 Å². The minimum atomic E-state index is -1.43. The van der Waals surface area contributed by atoms with E-state index in [0.29, 0.717) is 6.42 Å². The number of hydrogen-bond acceptors (Lipinski definition) is 6. The topological polar surface area (TPSA) is 121 Å². The molecule has 0 atom stereocenters. The highest BCUT2D eigenvalue weighted by molar-refractivity contribution is 6.16. The molecule has 8 heteroatoms. The van der Waals surface area contributed by atoms with Crippen LogP contribution in [0.2, 0.25) is 0 Å². The van der Waals surface area contributed by atoms with Crippen LogP contribution in [0, 0.1) is 10.1 Å². The van der Waals surface area contributed by atoms with E-state index < -0.39 is 27.9 Å². The minimum Gasteiger partial charge on any atom is -0.507 e. The van der Waals surface area contributed by atoms with E-state index in [1.165, 1.54) is 0 Å². The lowest BCUT2D eigenvalue weighted by Gasteiger charge is -2.37. The predicted octanol–water partition coefficient (Wildman–Crippen LogP) is 2.93. The van der Waals surface area contributed by atoms with E-state index in [9.17, 15) is 29.9 Å². The number of non-ortho nitro benzene ring substituents is 1. The molecule has 8 nitrogen and oxygen atoms in total. The summed E-state index contributed by atoms with van der Waals surface area (Å²) in [4.78, 5) is 37.2. The number of nitrogens with zero attached hydrogens (tertiary/aromatic N) is 2. The summed E-state index contributed by atoms with van der Waals surface area (Å²) in [6, 6.07) is 4.75. The summed E-state index contributed by atoms with van der Waals surface area (Å²) in [6.07, 6.45) is 3.25. The van der Waals surface area contributed by atoms with Gasteiger partial charge in [-0.3, -0.25) is 14.9 Å². The Bertz CT molecular complexity index is 1030. The first kappa shape index (κ1) is 18.0. The number of rotatable bonds is 4. The van der Waals surface area contributed by atoms with Gasteiger partial charge in [-0.1, -0.05) is 0 Å². The third kappa shape index (κ3) is 2.77. The number of benzene rings is 2. The zero-order valence-electron chi connectivity index (χ0n) is 15.0. The number of carboxylic acid groups (broad SMARTS) is 1. The smallest absolute Gasteiger partial charge is 0.336 e. The number of aromatic hydroxyl groups is 1. The summed E-state index contributed by atoms with van der Waals surface area (Å²) in [7, 11) is 0. The summed E-state index contributed by atoms with van der Waals surface area (Å²) < 4.78 is 0. The Hall–Kier alpha value is -3.42. The average molecular weight is 382 g/mol. The van der Waals surface area contributed by atoms with E-state index in [0.717, 1.165) is 67.4 Å². The van der Waals surface area contributed by atoms with Crippen molar-refractivity contribution in [2.45, 2.75) is 25.7 Å². The number of hydrogen-bond donors (Lipinski definition) is 2. The number of aromatic carboxylic acids is 1. The number of carboxylic acids is 1. The Morgan fingerprint density at radius 1 is 1.04 bits per heavy atom. The van der Waals surface area contributed by atoms with E-state index in [1.54, 1.807) is 6.07 Å². The van der Waals surface area contributed by atoms with Crippen LogP contribution in [0.5, 0.6) is 5.75 Å². The van der Waals surface area contributed by atoms with Crippen LogP contribution in [0.15, 0.2) is 24.3 Å². The van der Waals surface area contributed by atoms with Crippen LogP contribution in [-0.2, 0) is 12.8 Å². The van der Waals surface area contributed by atoms with Crippen molar-refractivity contribution < 1.29 is 24.7 Å². The van der Waals surface area contributed by atoms with Crippen molar-refractivity contribution in [2.24, 2.45) is 0 Å². The minimum absolute atomic E-state index is 0.0499. The van der Waals surface area contributed by atoms with E-state index >= 15 is 0 Å². The van der Waals surface area contributed by atoms with Crippen molar-refractivity contribution in [3.63, 3.8) is 0 Å². The van der Waals surface area contributed by atoms with Crippen LogP contribution in [0.3, 0.4) is 0 Å². The zero-order chi connectivity index (χ0) is 20.0. The number of aryl methyl sites for hydroxylation is 1. The summed E-state index contributed by atoms with van der Waals surface area (Å²) >= 11 is 0. The Labute approximate surface area is 160 Å². The molecule has 144 valence electrons. The number of nitro groups is 1. The number of nitro benzene ring substituents is 1. The van der Waals surface area contributed by atoms with Gasteiger partial charge in [-0.25, -0.2) is 4.79 Å². The first-order valence-electron chi connectivity index (χ1n) is 9.07. The molecule has 0 saturated carbocycles. The molecule has 0 aromatic heterocycles. The number of phenolic OH excluding ortho intramolecular Hbond substituents is 1. The molecule has 0 fully saturated rings. The molecule has 0 amide bonds. The number of phenols is 1. The molecule has 0 unspecified atom stereocenters. The van der Waals surface area contributed by atoms with Crippen molar-refractivity contribution in [3.8, 4) is 5.75 Å². The number of ketones is 1. The molecule has 0 radical (unpaired) electrons. The number of carbonyl (C=O) groups is 2. The normalized spacial score (nSPS) is 15.1. The van der Waals surface area contributed by atoms with Gasteiger partial charge in [0.05, 0.1) is 16.1 Å². The van der Waals surface area contributed by atoms with Gasteiger partial charge in [0.2, 0.25) is 0 Å². The lowest BCUT2D eigenvalue weighted by molar-refractivity contribution is -0.384. The Balaban J connectivity index is 1.86. The quantitative estimate of drug-likeness (QED) is 0.474. The molecule has 2 heterocycles. The molecule has 2 aliphatic rings. The first-order valence-corrected chi connectivity index (χ1v) is 9.07. The predicted molar refractivity (Wildman–Crippen MR) is 100 cm³/mol. The van der Waals surface area contributed by atoms with Crippen LogP contribution < -0.4 is 4.90 Å². The average Bonchev–Trinajstić information content (AvgIpc) is 2.69. The summed E-state index contributed by atoms with van der Waals surface area (Å²) in [5, 5.41) is 31.2. The molecular formula is C20H18N2O6. The molecular weight excluding hydrogens is 364 g/mol.